The minimum absolute atomic E-state index is 0.0211. The van der Waals surface area contributed by atoms with Crippen molar-refractivity contribution in [2.75, 3.05) is 20.2 Å². The molecule has 0 radical (unpaired) electrons. The van der Waals surface area contributed by atoms with Crippen molar-refractivity contribution in [2.24, 2.45) is 0 Å². The van der Waals surface area contributed by atoms with Crippen LogP contribution in [0.5, 0.6) is 5.75 Å². The van der Waals surface area contributed by atoms with Crippen molar-refractivity contribution in [3.8, 4) is 5.75 Å². The van der Waals surface area contributed by atoms with E-state index >= 15 is 0 Å². The number of rotatable bonds is 8. The first-order valence-corrected chi connectivity index (χ1v) is 11.0. The van der Waals surface area contributed by atoms with Crippen molar-refractivity contribution in [2.45, 2.75) is 17.6 Å². The van der Waals surface area contributed by atoms with Gasteiger partial charge in [0.2, 0.25) is 0 Å². The largest absolute Gasteiger partial charge is 0.492 e. The number of benzene rings is 2. The van der Waals surface area contributed by atoms with Crippen LogP contribution in [-0.2, 0) is 5.75 Å². The van der Waals surface area contributed by atoms with E-state index in [0.29, 0.717) is 29.5 Å². The molecule has 146 valence electrons. The van der Waals surface area contributed by atoms with E-state index in [9.17, 15) is 4.79 Å². The Balaban J connectivity index is 1.58. The Morgan fingerprint density at radius 2 is 2.07 bits per heavy atom. The van der Waals surface area contributed by atoms with Gasteiger partial charge in [0.25, 0.3) is 5.91 Å². The molecule has 0 bridgehead atoms. The molecule has 0 atom stereocenters. The minimum Gasteiger partial charge on any atom is -0.492 e. The second-order valence-corrected chi connectivity index (χ2v) is 8.69. The molecule has 0 aliphatic carbocycles. The van der Waals surface area contributed by atoms with Crippen molar-refractivity contribution in [1.29, 1.82) is 0 Å². The molecule has 4 nitrogen and oxygen atoms in total. The number of aromatic nitrogens is 1. The van der Waals surface area contributed by atoms with Gasteiger partial charge in [-0.15, -0.1) is 23.1 Å². The number of amides is 1. The van der Waals surface area contributed by atoms with E-state index in [4.69, 9.17) is 16.3 Å². The number of hydrogen-bond donors (Lipinski definition) is 0. The second-order valence-electron chi connectivity index (χ2n) is 6.18. The number of thioether (sulfide) groups is 1. The molecule has 3 rings (SSSR count). The van der Waals surface area contributed by atoms with Crippen LogP contribution in [0.25, 0.3) is 0 Å². The topological polar surface area (TPSA) is 42.4 Å². The molecule has 28 heavy (non-hydrogen) atoms. The summed E-state index contributed by atoms with van der Waals surface area (Å²) >= 11 is 9.23. The molecule has 1 amide bonds. The van der Waals surface area contributed by atoms with Crippen LogP contribution in [-0.4, -0.2) is 36.0 Å². The fourth-order valence-corrected chi connectivity index (χ4v) is 4.40. The summed E-state index contributed by atoms with van der Waals surface area (Å²) in [4.78, 5) is 20.0. The number of carbonyl (C=O) groups excluding carboxylic acids is 1. The van der Waals surface area contributed by atoms with Gasteiger partial charge in [-0.1, -0.05) is 29.8 Å². The molecule has 0 spiro atoms. The highest BCUT2D eigenvalue weighted by Gasteiger charge is 2.16. The Morgan fingerprint density at radius 1 is 1.25 bits per heavy atom. The number of halogens is 1. The van der Waals surface area contributed by atoms with E-state index in [1.165, 1.54) is 0 Å². The molecule has 2 aromatic carbocycles. The Hall–Kier alpha value is -2.02. The molecule has 0 N–H and O–H groups in total. The maximum atomic E-state index is 12.9. The van der Waals surface area contributed by atoms with E-state index in [1.807, 2.05) is 43.3 Å². The lowest BCUT2D eigenvalue weighted by molar-refractivity contribution is 0.0770. The Kier molecular flexibility index (Phi) is 7.36. The number of ether oxygens (including phenoxy) is 1. The van der Waals surface area contributed by atoms with Gasteiger partial charge in [0.15, 0.2) is 0 Å². The standard InChI is InChI=1S/C21H21ClN2O2S2/c1-15-23-17(13-27-15)14-28-20-9-4-3-8-19(20)21(25)24(2)10-11-26-18-7-5-6-16(22)12-18/h3-9,12-13H,10-11,14H2,1-2H3. The molecule has 0 aliphatic rings. The average Bonchev–Trinajstić information content (AvgIpc) is 3.11. The first-order valence-electron chi connectivity index (χ1n) is 8.79. The van der Waals surface area contributed by atoms with Crippen molar-refractivity contribution in [3.05, 3.63) is 75.2 Å². The van der Waals surface area contributed by atoms with Gasteiger partial charge in [0.05, 0.1) is 22.8 Å². The fourth-order valence-electron chi connectivity index (χ4n) is 2.56. The van der Waals surface area contributed by atoms with Crippen LogP contribution in [0.15, 0.2) is 58.8 Å². The highest BCUT2D eigenvalue weighted by atomic mass is 35.5. The minimum atomic E-state index is -0.0211. The lowest BCUT2D eigenvalue weighted by Crippen LogP contribution is -2.31. The molecule has 7 heteroatoms. The maximum absolute atomic E-state index is 12.9. The number of thiazole rings is 1. The zero-order chi connectivity index (χ0) is 19.9. The van der Waals surface area contributed by atoms with Gasteiger partial charge >= 0.3 is 0 Å². The molecule has 0 aliphatic heterocycles. The fraction of sp³-hybridized carbons (Fsp3) is 0.238. The summed E-state index contributed by atoms with van der Waals surface area (Å²) < 4.78 is 5.69. The summed E-state index contributed by atoms with van der Waals surface area (Å²) in [6.07, 6.45) is 0. The van der Waals surface area contributed by atoms with Crippen LogP contribution in [0.1, 0.15) is 21.1 Å². The second kappa shape index (κ2) is 9.96. The first-order chi connectivity index (χ1) is 13.5. The highest BCUT2D eigenvalue weighted by molar-refractivity contribution is 7.98. The molecular formula is C21H21ClN2O2S2. The first kappa shape index (κ1) is 20.7. The van der Waals surface area contributed by atoms with Crippen LogP contribution in [0.4, 0.5) is 0 Å². The summed E-state index contributed by atoms with van der Waals surface area (Å²) in [6, 6.07) is 14.9. The summed E-state index contributed by atoms with van der Waals surface area (Å²) in [5.74, 6) is 1.42. The summed E-state index contributed by atoms with van der Waals surface area (Å²) in [5, 5.41) is 3.74. The van der Waals surface area contributed by atoms with Crippen molar-refractivity contribution in [3.63, 3.8) is 0 Å². The van der Waals surface area contributed by atoms with Crippen molar-refractivity contribution in [1.82, 2.24) is 9.88 Å². The van der Waals surface area contributed by atoms with Gasteiger partial charge in [-0.3, -0.25) is 4.79 Å². The predicted molar refractivity (Wildman–Crippen MR) is 117 cm³/mol. The smallest absolute Gasteiger partial charge is 0.254 e. The van der Waals surface area contributed by atoms with Crippen LogP contribution in [0, 0.1) is 6.92 Å². The Morgan fingerprint density at radius 3 is 2.82 bits per heavy atom. The molecule has 0 saturated heterocycles. The molecular weight excluding hydrogens is 412 g/mol. The molecule has 0 saturated carbocycles. The third-order valence-corrected chi connectivity index (χ3v) is 6.16. The van der Waals surface area contributed by atoms with Crippen LogP contribution in [0.3, 0.4) is 0 Å². The average molecular weight is 433 g/mol. The van der Waals surface area contributed by atoms with E-state index in [-0.39, 0.29) is 5.91 Å². The van der Waals surface area contributed by atoms with Crippen molar-refractivity contribution < 1.29 is 9.53 Å². The molecule has 1 heterocycles. The molecule has 1 aromatic heterocycles. The number of aryl methyl sites for hydroxylation is 1. The van der Waals surface area contributed by atoms with Crippen LogP contribution in [0.2, 0.25) is 5.02 Å². The molecule has 0 fully saturated rings. The van der Waals surface area contributed by atoms with Gasteiger partial charge in [0.1, 0.15) is 12.4 Å². The third-order valence-electron chi connectivity index (χ3n) is 4.00. The van der Waals surface area contributed by atoms with Gasteiger partial charge in [-0.25, -0.2) is 4.98 Å². The zero-order valence-corrected chi connectivity index (χ0v) is 18.1. The predicted octanol–water partition coefficient (Wildman–Crippen LogP) is 5.55. The third kappa shape index (κ3) is 5.74. The zero-order valence-electron chi connectivity index (χ0n) is 15.7. The van der Waals surface area contributed by atoms with Gasteiger partial charge in [-0.05, 0) is 37.3 Å². The summed E-state index contributed by atoms with van der Waals surface area (Å²) in [7, 11) is 1.79. The number of likely N-dealkylation sites (N-methyl/N-ethyl adjacent to an activating group) is 1. The van der Waals surface area contributed by atoms with Gasteiger partial charge in [0, 0.05) is 28.1 Å². The van der Waals surface area contributed by atoms with Gasteiger partial charge in [-0.2, -0.15) is 0 Å². The quantitative estimate of drug-likeness (QED) is 0.438. The molecule has 0 unspecified atom stereocenters. The molecule has 3 aromatic rings. The lowest BCUT2D eigenvalue weighted by atomic mass is 10.2. The van der Waals surface area contributed by atoms with Crippen molar-refractivity contribution >= 4 is 40.6 Å². The van der Waals surface area contributed by atoms with Crippen LogP contribution >= 0.6 is 34.7 Å². The lowest BCUT2D eigenvalue weighted by Gasteiger charge is -2.19. The van der Waals surface area contributed by atoms with E-state index < -0.39 is 0 Å². The van der Waals surface area contributed by atoms with Crippen LogP contribution < -0.4 is 4.74 Å². The number of carbonyl (C=O) groups is 1. The van der Waals surface area contributed by atoms with Gasteiger partial charge < -0.3 is 9.64 Å². The highest BCUT2D eigenvalue weighted by Crippen LogP contribution is 2.27. The maximum Gasteiger partial charge on any atom is 0.254 e. The van der Waals surface area contributed by atoms with E-state index in [2.05, 4.69) is 10.4 Å². The number of hydrogen-bond acceptors (Lipinski definition) is 5. The van der Waals surface area contributed by atoms with E-state index in [0.717, 1.165) is 21.3 Å². The monoisotopic (exact) mass is 432 g/mol. The summed E-state index contributed by atoms with van der Waals surface area (Å²) in [5.41, 5.74) is 1.74. The summed E-state index contributed by atoms with van der Waals surface area (Å²) in [6.45, 7) is 2.88. The Bertz CT molecular complexity index is 945. The normalized spacial score (nSPS) is 10.7. The Labute approximate surface area is 178 Å². The number of nitrogens with zero attached hydrogens (tertiary/aromatic N) is 2. The van der Waals surface area contributed by atoms with E-state index in [1.54, 1.807) is 47.2 Å². The SMILES string of the molecule is Cc1nc(CSc2ccccc2C(=O)N(C)CCOc2cccc(Cl)c2)cs1.